The van der Waals surface area contributed by atoms with Crippen molar-refractivity contribution in [3.63, 3.8) is 0 Å². The van der Waals surface area contributed by atoms with E-state index < -0.39 is 6.43 Å². The molecule has 0 aromatic carbocycles. The molecule has 0 saturated carbocycles. The van der Waals surface area contributed by atoms with E-state index in [-0.39, 0.29) is 17.9 Å². The first kappa shape index (κ1) is 10.6. The summed E-state index contributed by atoms with van der Waals surface area (Å²) < 4.78 is 25.3. The van der Waals surface area contributed by atoms with Crippen LogP contribution in [0.1, 0.15) is 17.6 Å². The van der Waals surface area contributed by atoms with Crippen molar-refractivity contribution < 1.29 is 8.78 Å². The van der Waals surface area contributed by atoms with Gasteiger partial charge in [0.2, 0.25) is 0 Å². The molecular formula is C7H8F2IN3. The Morgan fingerprint density at radius 1 is 1.54 bits per heavy atom. The molecule has 0 aliphatic rings. The Morgan fingerprint density at radius 3 is 2.62 bits per heavy atom. The first-order valence-electron chi connectivity index (χ1n) is 3.49. The van der Waals surface area contributed by atoms with Crippen LogP contribution in [0.25, 0.3) is 0 Å². The van der Waals surface area contributed by atoms with Crippen molar-refractivity contribution in [2.24, 2.45) is 5.73 Å². The Bertz CT molecular complexity index is 317. The minimum absolute atomic E-state index is 0.0463. The molecule has 13 heavy (non-hydrogen) atoms. The summed E-state index contributed by atoms with van der Waals surface area (Å²) in [4.78, 5) is 3.64. The number of nitrogens with zero attached hydrogens (tertiary/aromatic N) is 1. The van der Waals surface area contributed by atoms with Crippen LogP contribution < -0.4 is 11.5 Å². The Labute approximate surface area is 87.7 Å². The van der Waals surface area contributed by atoms with Gasteiger partial charge in [-0.25, -0.2) is 13.8 Å². The highest BCUT2D eigenvalue weighted by molar-refractivity contribution is 14.1. The molecule has 4 N–H and O–H groups in total. The van der Waals surface area contributed by atoms with Gasteiger partial charge in [-0.3, -0.25) is 0 Å². The van der Waals surface area contributed by atoms with E-state index in [1.807, 2.05) is 22.6 Å². The number of rotatable bonds is 2. The van der Waals surface area contributed by atoms with Gasteiger partial charge in [-0.1, -0.05) is 0 Å². The molecule has 0 aliphatic carbocycles. The van der Waals surface area contributed by atoms with Gasteiger partial charge in [-0.2, -0.15) is 0 Å². The molecule has 0 atom stereocenters. The lowest BCUT2D eigenvalue weighted by atomic mass is 10.1. The molecule has 1 rings (SSSR count). The summed E-state index contributed by atoms with van der Waals surface area (Å²) in [5.41, 5.74) is 11.0. The third-order valence-corrected chi connectivity index (χ3v) is 2.82. The molecular weight excluding hydrogens is 291 g/mol. The molecule has 6 heteroatoms. The predicted octanol–water partition coefficient (Wildman–Crippen LogP) is 1.66. The van der Waals surface area contributed by atoms with Gasteiger partial charge in [0.05, 0.1) is 3.57 Å². The van der Waals surface area contributed by atoms with E-state index >= 15 is 0 Å². The minimum atomic E-state index is -2.56. The highest BCUT2D eigenvalue weighted by Gasteiger charge is 2.16. The fraction of sp³-hybridized carbons (Fsp3) is 0.286. The lowest BCUT2D eigenvalue weighted by molar-refractivity contribution is 0.149. The summed E-state index contributed by atoms with van der Waals surface area (Å²) in [6, 6.07) is 0. The SMILES string of the molecule is NCc1c(C(F)F)cnc(N)c1I. The fourth-order valence-electron chi connectivity index (χ4n) is 0.951. The second-order valence-electron chi connectivity index (χ2n) is 2.40. The van der Waals surface area contributed by atoms with E-state index in [1.54, 1.807) is 0 Å². The minimum Gasteiger partial charge on any atom is -0.383 e. The monoisotopic (exact) mass is 299 g/mol. The average molecular weight is 299 g/mol. The van der Waals surface area contributed by atoms with E-state index in [0.717, 1.165) is 6.20 Å². The summed E-state index contributed by atoms with van der Waals surface area (Å²) in [6.45, 7) is 0.0463. The Kier molecular flexibility index (Phi) is 3.37. The maximum Gasteiger partial charge on any atom is 0.265 e. The van der Waals surface area contributed by atoms with Gasteiger partial charge < -0.3 is 11.5 Å². The van der Waals surface area contributed by atoms with Gasteiger partial charge in [0.1, 0.15) is 5.82 Å². The molecule has 0 amide bonds. The summed E-state index contributed by atoms with van der Waals surface area (Å²) >= 11 is 1.86. The molecule has 1 heterocycles. The highest BCUT2D eigenvalue weighted by Crippen LogP contribution is 2.27. The second kappa shape index (κ2) is 4.14. The van der Waals surface area contributed by atoms with Crippen LogP contribution >= 0.6 is 22.6 Å². The average Bonchev–Trinajstić information content (AvgIpc) is 2.09. The Morgan fingerprint density at radius 2 is 2.15 bits per heavy atom. The van der Waals surface area contributed by atoms with E-state index in [1.165, 1.54) is 0 Å². The van der Waals surface area contributed by atoms with Crippen LogP contribution in [0.3, 0.4) is 0 Å². The summed E-state index contributed by atoms with van der Waals surface area (Å²) in [5.74, 6) is 0.241. The van der Waals surface area contributed by atoms with Crippen LogP contribution in [0.4, 0.5) is 14.6 Å². The normalized spacial score (nSPS) is 10.8. The zero-order chi connectivity index (χ0) is 10.0. The fourth-order valence-corrected chi connectivity index (χ4v) is 1.62. The van der Waals surface area contributed by atoms with E-state index in [2.05, 4.69) is 4.98 Å². The first-order valence-corrected chi connectivity index (χ1v) is 4.56. The number of anilines is 1. The Hall–Kier alpha value is -0.500. The third-order valence-electron chi connectivity index (χ3n) is 1.62. The second-order valence-corrected chi connectivity index (χ2v) is 3.47. The number of alkyl halides is 2. The zero-order valence-electron chi connectivity index (χ0n) is 6.60. The lowest BCUT2D eigenvalue weighted by Crippen LogP contribution is -2.08. The van der Waals surface area contributed by atoms with Crippen molar-refractivity contribution in [3.05, 3.63) is 20.9 Å². The molecule has 0 aliphatic heterocycles. The van der Waals surface area contributed by atoms with Gasteiger partial charge in [0.25, 0.3) is 6.43 Å². The molecule has 0 spiro atoms. The van der Waals surface area contributed by atoms with Crippen molar-refractivity contribution in [2.75, 3.05) is 5.73 Å². The maximum atomic E-state index is 12.4. The molecule has 72 valence electrons. The predicted molar refractivity (Wildman–Crippen MR) is 54.2 cm³/mol. The number of pyridine rings is 1. The Balaban J connectivity index is 3.30. The summed E-state index contributed by atoms with van der Waals surface area (Å²) in [5, 5.41) is 0. The van der Waals surface area contributed by atoms with Crippen molar-refractivity contribution >= 4 is 28.4 Å². The van der Waals surface area contributed by atoms with Crippen molar-refractivity contribution in [1.82, 2.24) is 4.98 Å². The van der Waals surface area contributed by atoms with Crippen LogP contribution in [0.2, 0.25) is 0 Å². The number of aromatic nitrogens is 1. The smallest absolute Gasteiger partial charge is 0.265 e. The van der Waals surface area contributed by atoms with Crippen LogP contribution in [0.5, 0.6) is 0 Å². The van der Waals surface area contributed by atoms with Crippen molar-refractivity contribution in [2.45, 2.75) is 13.0 Å². The number of nitrogen functional groups attached to an aromatic ring is 1. The first-order chi connectivity index (χ1) is 6.07. The summed E-state index contributed by atoms with van der Waals surface area (Å²) in [6.07, 6.45) is -1.48. The molecule has 0 fully saturated rings. The highest BCUT2D eigenvalue weighted by atomic mass is 127. The molecule has 0 unspecified atom stereocenters. The van der Waals surface area contributed by atoms with Gasteiger partial charge >= 0.3 is 0 Å². The number of nitrogens with two attached hydrogens (primary N) is 2. The molecule has 0 bridgehead atoms. The number of halogens is 3. The molecule has 1 aromatic heterocycles. The van der Waals surface area contributed by atoms with E-state index in [0.29, 0.717) is 9.13 Å². The van der Waals surface area contributed by atoms with Crippen molar-refractivity contribution in [1.29, 1.82) is 0 Å². The van der Waals surface area contributed by atoms with E-state index in [4.69, 9.17) is 11.5 Å². The van der Waals surface area contributed by atoms with Crippen LogP contribution in [0, 0.1) is 3.57 Å². The molecule has 0 radical (unpaired) electrons. The van der Waals surface area contributed by atoms with Crippen LogP contribution in [-0.2, 0) is 6.54 Å². The van der Waals surface area contributed by atoms with Gasteiger partial charge in [0, 0.05) is 18.3 Å². The topological polar surface area (TPSA) is 64.9 Å². The number of hydrogen-bond donors (Lipinski definition) is 2. The van der Waals surface area contributed by atoms with Crippen LogP contribution in [0.15, 0.2) is 6.20 Å². The quantitative estimate of drug-likeness (QED) is 0.816. The number of hydrogen-bond acceptors (Lipinski definition) is 3. The van der Waals surface area contributed by atoms with Crippen molar-refractivity contribution in [3.8, 4) is 0 Å². The van der Waals surface area contributed by atoms with Gasteiger partial charge in [-0.05, 0) is 28.2 Å². The lowest BCUT2D eigenvalue weighted by Gasteiger charge is -2.09. The summed E-state index contributed by atoms with van der Waals surface area (Å²) in [7, 11) is 0. The molecule has 0 saturated heterocycles. The standard InChI is InChI=1S/C7H8F2IN3/c8-6(9)4-2-13-7(12)5(10)3(4)1-11/h2,6H,1,11H2,(H2,12,13). The molecule has 3 nitrogen and oxygen atoms in total. The van der Waals surface area contributed by atoms with Gasteiger partial charge in [0.15, 0.2) is 0 Å². The van der Waals surface area contributed by atoms with Gasteiger partial charge in [-0.15, -0.1) is 0 Å². The van der Waals surface area contributed by atoms with E-state index in [9.17, 15) is 8.78 Å². The molecule has 1 aromatic rings. The maximum absolute atomic E-state index is 12.4. The largest absolute Gasteiger partial charge is 0.383 e. The van der Waals surface area contributed by atoms with Crippen LogP contribution in [-0.4, -0.2) is 4.98 Å². The zero-order valence-corrected chi connectivity index (χ0v) is 8.76. The third kappa shape index (κ3) is 2.05.